The molecular weight excluding hydrogens is 366 g/mol. The van der Waals surface area contributed by atoms with Crippen molar-refractivity contribution in [1.29, 1.82) is 0 Å². The lowest BCUT2D eigenvalue weighted by atomic mass is 9.77. The summed E-state index contributed by atoms with van der Waals surface area (Å²) in [6.07, 6.45) is 5.56. The second-order valence-electron chi connectivity index (χ2n) is 7.34. The van der Waals surface area contributed by atoms with Gasteiger partial charge in [0.25, 0.3) is 5.91 Å². The predicted octanol–water partition coefficient (Wildman–Crippen LogP) is 4.91. The van der Waals surface area contributed by atoms with Crippen molar-refractivity contribution in [3.05, 3.63) is 77.4 Å². The molecule has 2 aromatic rings. The average Bonchev–Trinajstić information content (AvgIpc) is 3.33. The van der Waals surface area contributed by atoms with E-state index in [0.717, 1.165) is 30.1 Å². The van der Waals surface area contributed by atoms with Gasteiger partial charge in [-0.2, -0.15) is 10.1 Å². The van der Waals surface area contributed by atoms with Gasteiger partial charge in [0.1, 0.15) is 0 Å². The molecule has 1 fully saturated rings. The largest absolute Gasteiger partial charge is 0.272 e. The van der Waals surface area contributed by atoms with Gasteiger partial charge in [0.15, 0.2) is 5.17 Å². The first-order valence-corrected chi connectivity index (χ1v) is 10.7. The molecule has 1 saturated carbocycles. The number of aliphatic imine (C=N–C) groups is 1. The molecule has 2 heterocycles. The van der Waals surface area contributed by atoms with Crippen LogP contribution < -0.4 is 0 Å². The summed E-state index contributed by atoms with van der Waals surface area (Å²) in [5, 5.41) is 7.78. The minimum Gasteiger partial charge on any atom is -0.272 e. The molecule has 0 aromatic heterocycles. The molecule has 4 nitrogen and oxygen atoms in total. The SMILES string of the molecule is O=C1CSC(N2N=C3/C(=C\c4ccccc4)CCC[C@H]3[C@@H]2c2ccccc2)=N1. The van der Waals surface area contributed by atoms with E-state index in [2.05, 4.69) is 59.6 Å². The Kier molecular flexibility index (Phi) is 4.61. The van der Waals surface area contributed by atoms with Gasteiger partial charge in [-0.15, -0.1) is 0 Å². The van der Waals surface area contributed by atoms with Crippen LogP contribution in [0.4, 0.5) is 0 Å². The van der Waals surface area contributed by atoms with Gasteiger partial charge in [-0.05, 0) is 42.0 Å². The van der Waals surface area contributed by atoms with Gasteiger partial charge in [-0.25, -0.2) is 5.01 Å². The Hall–Kier alpha value is -2.66. The van der Waals surface area contributed by atoms with Crippen molar-refractivity contribution in [2.75, 3.05) is 5.75 Å². The molecule has 140 valence electrons. The second kappa shape index (κ2) is 7.40. The summed E-state index contributed by atoms with van der Waals surface area (Å²) >= 11 is 1.50. The Bertz CT molecular complexity index is 981. The van der Waals surface area contributed by atoms with Gasteiger partial charge >= 0.3 is 0 Å². The molecular formula is C23H21N3OS. The number of rotatable bonds is 2. The molecule has 0 unspecified atom stereocenters. The highest BCUT2D eigenvalue weighted by atomic mass is 32.2. The van der Waals surface area contributed by atoms with Crippen molar-refractivity contribution in [2.24, 2.45) is 16.0 Å². The van der Waals surface area contributed by atoms with Crippen molar-refractivity contribution in [3.8, 4) is 0 Å². The number of amides is 1. The van der Waals surface area contributed by atoms with Crippen molar-refractivity contribution in [1.82, 2.24) is 5.01 Å². The highest BCUT2D eigenvalue weighted by Gasteiger charge is 2.43. The van der Waals surface area contributed by atoms with Crippen molar-refractivity contribution >= 4 is 34.6 Å². The molecule has 0 radical (unpaired) electrons. The van der Waals surface area contributed by atoms with Crippen LogP contribution in [0.2, 0.25) is 0 Å². The predicted molar refractivity (Wildman–Crippen MR) is 115 cm³/mol. The molecule has 1 aliphatic carbocycles. The van der Waals surface area contributed by atoms with Crippen LogP contribution in [0.15, 0.2) is 76.3 Å². The van der Waals surface area contributed by atoms with Crippen LogP contribution in [-0.4, -0.2) is 27.5 Å². The maximum Gasteiger partial charge on any atom is 0.258 e. The first-order chi connectivity index (χ1) is 13.8. The Labute approximate surface area is 169 Å². The number of fused-ring (bicyclic) bond motifs is 1. The molecule has 0 spiro atoms. The van der Waals surface area contributed by atoms with Gasteiger partial charge in [0, 0.05) is 5.92 Å². The quantitative estimate of drug-likeness (QED) is 0.735. The third kappa shape index (κ3) is 3.20. The smallest absolute Gasteiger partial charge is 0.258 e. The normalized spacial score (nSPS) is 25.6. The van der Waals surface area contributed by atoms with E-state index in [0.29, 0.717) is 11.7 Å². The van der Waals surface area contributed by atoms with Gasteiger partial charge in [-0.3, -0.25) is 4.79 Å². The number of carbonyl (C=O) groups excluding carboxylic acids is 1. The number of hydrazone groups is 1. The second-order valence-corrected chi connectivity index (χ2v) is 8.28. The first kappa shape index (κ1) is 17.4. The number of carbonyl (C=O) groups is 1. The molecule has 2 aromatic carbocycles. The molecule has 3 aliphatic rings. The van der Waals surface area contributed by atoms with Crippen molar-refractivity contribution in [2.45, 2.75) is 25.3 Å². The zero-order chi connectivity index (χ0) is 18.9. The summed E-state index contributed by atoms with van der Waals surface area (Å²) in [5.74, 6) is 0.669. The van der Waals surface area contributed by atoms with E-state index < -0.39 is 0 Å². The summed E-state index contributed by atoms with van der Waals surface area (Å²) in [6, 6.07) is 21.1. The summed E-state index contributed by atoms with van der Waals surface area (Å²) in [5.41, 5.74) is 4.90. The van der Waals surface area contributed by atoms with E-state index in [1.54, 1.807) is 0 Å². The highest BCUT2D eigenvalue weighted by molar-refractivity contribution is 8.14. The van der Waals surface area contributed by atoms with Crippen LogP contribution in [0.25, 0.3) is 6.08 Å². The number of hydrogen-bond acceptors (Lipinski definition) is 4. The van der Waals surface area contributed by atoms with Crippen LogP contribution in [0.1, 0.15) is 36.4 Å². The van der Waals surface area contributed by atoms with Crippen LogP contribution in [0.3, 0.4) is 0 Å². The van der Waals surface area contributed by atoms with E-state index >= 15 is 0 Å². The molecule has 0 saturated heterocycles. The van der Waals surface area contributed by atoms with Gasteiger partial charge < -0.3 is 0 Å². The lowest BCUT2D eigenvalue weighted by Crippen LogP contribution is -2.30. The van der Waals surface area contributed by atoms with Crippen LogP contribution in [0, 0.1) is 5.92 Å². The van der Waals surface area contributed by atoms with Crippen molar-refractivity contribution < 1.29 is 4.79 Å². The molecule has 1 amide bonds. The Morgan fingerprint density at radius 1 is 1.04 bits per heavy atom. The molecule has 28 heavy (non-hydrogen) atoms. The fourth-order valence-corrected chi connectivity index (χ4v) is 5.08. The van der Waals surface area contributed by atoms with Crippen LogP contribution in [-0.2, 0) is 4.79 Å². The standard InChI is InChI=1S/C23H21N3OS/c27-20-15-28-23(24-20)26-22(17-10-5-2-6-11-17)19-13-7-12-18(21(19)25-26)14-16-8-3-1-4-9-16/h1-6,8-11,14,19,22H,7,12-13,15H2/b18-14-/t19-,22+/m1/s1. The Morgan fingerprint density at radius 3 is 2.50 bits per heavy atom. The number of amidine groups is 1. The van der Waals surface area contributed by atoms with Crippen molar-refractivity contribution in [3.63, 3.8) is 0 Å². The minimum absolute atomic E-state index is 0.0677. The zero-order valence-electron chi connectivity index (χ0n) is 15.5. The lowest BCUT2D eigenvalue weighted by molar-refractivity contribution is -0.115. The first-order valence-electron chi connectivity index (χ1n) is 9.72. The maximum absolute atomic E-state index is 11.8. The summed E-state index contributed by atoms with van der Waals surface area (Å²) in [6.45, 7) is 0. The number of nitrogens with zero attached hydrogens (tertiary/aromatic N) is 3. The summed E-state index contributed by atoms with van der Waals surface area (Å²) in [7, 11) is 0. The maximum atomic E-state index is 11.8. The fourth-order valence-electron chi connectivity index (χ4n) is 4.31. The van der Waals surface area contributed by atoms with E-state index in [1.165, 1.54) is 28.5 Å². The molecule has 0 bridgehead atoms. The third-order valence-electron chi connectivity index (χ3n) is 5.52. The monoisotopic (exact) mass is 387 g/mol. The topological polar surface area (TPSA) is 45.0 Å². The number of benzene rings is 2. The van der Waals surface area contributed by atoms with Gasteiger partial charge in [0.2, 0.25) is 0 Å². The zero-order valence-corrected chi connectivity index (χ0v) is 16.3. The molecule has 0 N–H and O–H groups in total. The van der Waals surface area contributed by atoms with E-state index in [4.69, 9.17) is 5.10 Å². The third-order valence-corrected chi connectivity index (χ3v) is 6.45. The van der Waals surface area contributed by atoms with Gasteiger partial charge in [-0.1, -0.05) is 72.4 Å². The summed E-state index contributed by atoms with van der Waals surface area (Å²) < 4.78 is 0. The minimum atomic E-state index is -0.0677. The number of thioether (sulfide) groups is 1. The van der Waals surface area contributed by atoms with Gasteiger partial charge in [0.05, 0.1) is 17.5 Å². The summed E-state index contributed by atoms with van der Waals surface area (Å²) in [4.78, 5) is 16.0. The highest BCUT2D eigenvalue weighted by Crippen LogP contribution is 2.45. The molecule has 5 heteroatoms. The Morgan fingerprint density at radius 2 is 1.79 bits per heavy atom. The van der Waals surface area contributed by atoms with E-state index in [-0.39, 0.29) is 11.9 Å². The number of hydrogen-bond donors (Lipinski definition) is 0. The molecule has 5 rings (SSSR count). The molecule has 2 atom stereocenters. The van der Waals surface area contributed by atoms with Crippen LogP contribution in [0.5, 0.6) is 0 Å². The average molecular weight is 388 g/mol. The molecule has 2 aliphatic heterocycles. The fraction of sp³-hybridized carbons (Fsp3) is 0.261. The number of allylic oxidation sites excluding steroid dienone is 1. The Balaban J connectivity index is 1.57. The van der Waals surface area contributed by atoms with E-state index in [9.17, 15) is 4.79 Å². The van der Waals surface area contributed by atoms with Crippen LogP contribution >= 0.6 is 11.8 Å². The van der Waals surface area contributed by atoms with E-state index in [1.807, 2.05) is 17.1 Å². The lowest BCUT2D eigenvalue weighted by Gasteiger charge is -2.30.